The van der Waals surface area contributed by atoms with Gasteiger partial charge in [-0.3, -0.25) is 0 Å². The number of rotatable bonds is 4. The lowest BCUT2D eigenvalue weighted by Gasteiger charge is -2.22. The Bertz CT molecular complexity index is 315. The molecule has 0 atom stereocenters. The minimum atomic E-state index is 0.167. The quantitative estimate of drug-likeness (QED) is 0.821. The average molecular weight is 209 g/mol. The van der Waals surface area contributed by atoms with E-state index in [0.717, 1.165) is 12.3 Å². The predicted molar refractivity (Wildman–Crippen MR) is 57.5 cm³/mol. The van der Waals surface area contributed by atoms with Gasteiger partial charge in [-0.25, -0.2) is 0 Å². The van der Waals surface area contributed by atoms with Gasteiger partial charge in [0.25, 0.3) is 0 Å². The minimum Gasteiger partial charge on any atom is -0.425 e. The van der Waals surface area contributed by atoms with E-state index < -0.39 is 0 Å². The molecule has 0 aromatic carbocycles. The average Bonchev–Trinajstić information content (AvgIpc) is 2.86. The first-order chi connectivity index (χ1) is 7.30. The monoisotopic (exact) mass is 209 g/mol. The Balaban J connectivity index is 2.19. The Morgan fingerprint density at radius 2 is 2.07 bits per heavy atom. The molecular formula is C11H19N3O. The number of nitrogens with two attached hydrogens (primary N) is 1. The molecule has 4 nitrogen and oxygen atoms in total. The van der Waals surface area contributed by atoms with E-state index in [1.165, 1.54) is 25.7 Å². The van der Waals surface area contributed by atoms with Crippen molar-refractivity contribution < 1.29 is 4.42 Å². The third-order valence-electron chi connectivity index (χ3n) is 3.52. The first kappa shape index (κ1) is 10.6. The van der Waals surface area contributed by atoms with Crippen LogP contribution in [0.1, 0.15) is 50.8 Å². The fraction of sp³-hybridized carbons (Fsp3) is 0.818. The van der Waals surface area contributed by atoms with Crippen molar-refractivity contribution in [3.63, 3.8) is 0 Å². The van der Waals surface area contributed by atoms with Gasteiger partial charge in [-0.05, 0) is 19.3 Å². The summed E-state index contributed by atoms with van der Waals surface area (Å²) in [7, 11) is 0. The molecule has 0 saturated heterocycles. The molecule has 1 heterocycles. The smallest absolute Gasteiger partial charge is 0.222 e. The van der Waals surface area contributed by atoms with Gasteiger partial charge in [0, 0.05) is 18.4 Å². The van der Waals surface area contributed by atoms with Gasteiger partial charge in [0.15, 0.2) is 0 Å². The number of nitrogens with zero attached hydrogens (tertiary/aromatic N) is 2. The summed E-state index contributed by atoms with van der Waals surface area (Å²) in [5.41, 5.74) is 5.63. The molecule has 1 aliphatic rings. The Morgan fingerprint density at radius 1 is 1.33 bits per heavy atom. The molecule has 1 aliphatic carbocycles. The zero-order chi connectivity index (χ0) is 10.7. The van der Waals surface area contributed by atoms with Crippen molar-refractivity contribution in [2.75, 3.05) is 6.54 Å². The van der Waals surface area contributed by atoms with Gasteiger partial charge >= 0.3 is 0 Å². The molecular weight excluding hydrogens is 190 g/mol. The van der Waals surface area contributed by atoms with Crippen LogP contribution in [0.3, 0.4) is 0 Å². The van der Waals surface area contributed by atoms with Crippen LogP contribution in [0.15, 0.2) is 4.42 Å². The van der Waals surface area contributed by atoms with Gasteiger partial charge < -0.3 is 10.2 Å². The molecule has 1 saturated carbocycles. The molecule has 2 N–H and O–H groups in total. The third kappa shape index (κ3) is 1.91. The Kier molecular flexibility index (Phi) is 3.05. The van der Waals surface area contributed by atoms with Gasteiger partial charge in [0.1, 0.15) is 0 Å². The maximum absolute atomic E-state index is 5.70. The van der Waals surface area contributed by atoms with Crippen LogP contribution in [-0.2, 0) is 11.8 Å². The first-order valence-electron chi connectivity index (χ1n) is 5.84. The van der Waals surface area contributed by atoms with Crippen molar-refractivity contribution in [1.82, 2.24) is 10.2 Å². The second-order valence-electron chi connectivity index (χ2n) is 4.38. The summed E-state index contributed by atoms with van der Waals surface area (Å²) in [6, 6.07) is 0. The molecule has 2 rings (SSSR count). The van der Waals surface area contributed by atoms with Crippen LogP contribution < -0.4 is 5.73 Å². The van der Waals surface area contributed by atoms with Crippen LogP contribution in [0.5, 0.6) is 0 Å². The van der Waals surface area contributed by atoms with Crippen LogP contribution in [0.4, 0.5) is 0 Å². The van der Waals surface area contributed by atoms with E-state index in [1.807, 2.05) is 0 Å². The van der Waals surface area contributed by atoms with E-state index in [4.69, 9.17) is 10.2 Å². The Morgan fingerprint density at radius 3 is 2.67 bits per heavy atom. The standard InChI is InChI=1S/C11H19N3O/c1-2-11(6-3-4-7-11)10-14-13-9(15-10)5-8-12/h2-8,12H2,1H3. The van der Waals surface area contributed by atoms with Crippen molar-refractivity contribution in [1.29, 1.82) is 0 Å². The molecule has 15 heavy (non-hydrogen) atoms. The summed E-state index contributed by atoms with van der Waals surface area (Å²) in [5.74, 6) is 1.53. The minimum absolute atomic E-state index is 0.167. The van der Waals surface area contributed by atoms with E-state index in [2.05, 4.69) is 17.1 Å². The second-order valence-corrected chi connectivity index (χ2v) is 4.38. The zero-order valence-corrected chi connectivity index (χ0v) is 9.33. The van der Waals surface area contributed by atoms with Crippen LogP contribution in [-0.4, -0.2) is 16.7 Å². The molecule has 1 fully saturated rings. The highest BCUT2D eigenvalue weighted by atomic mass is 16.4. The largest absolute Gasteiger partial charge is 0.425 e. The molecule has 4 heteroatoms. The molecule has 1 aromatic rings. The lowest BCUT2D eigenvalue weighted by atomic mass is 9.83. The number of hydrogen-bond acceptors (Lipinski definition) is 4. The maximum atomic E-state index is 5.70. The lowest BCUT2D eigenvalue weighted by molar-refractivity contribution is 0.306. The SMILES string of the molecule is CCC1(c2nnc(CCN)o2)CCCC1. The van der Waals surface area contributed by atoms with Crippen LogP contribution in [0.25, 0.3) is 0 Å². The highest BCUT2D eigenvalue weighted by molar-refractivity contribution is 5.06. The van der Waals surface area contributed by atoms with E-state index in [-0.39, 0.29) is 5.41 Å². The van der Waals surface area contributed by atoms with Crippen molar-refractivity contribution in [2.24, 2.45) is 5.73 Å². The zero-order valence-electron chi connectivity index (χ0n) is 9.33. The molecule has 0 aliphatic heterocycles. The van der Waals surface area contributed by atoms with Gasteiger partial charge in [0.2, 0.25) is 11.8 Å². The Labute approximate surface area is 90.3 Å². The molecule has 0 radical (unpaired) electrons. The van der Waals surface area contributed by atoms with Gasteiger partial charge in [-0.1, -0.05) is 19.8 Å². The van der Waals surface area contributed by atoms with E-state index in [0.29, 0.717) is 18.9 Å². The van der Waals surface area contributed by atoms with E-state index >= 15 is 0 Å². The van der Waals surface area contributed by atoms with Crippen LogP contribution in [0.2, 0.25) is 0 Å². The highest BCUT2D eigenvalue weighted by Gasteiger charge is 2.38. The maximum Gasteiger partial charge on any atom is 0.222 e. The fourth-order valence-electron chi connectivity index (χ4n) is 2.46. The molecule has 1 aromatic heterocycles. The summed E-state index contributed by atoms with van der Waals surface area (Å²) >= 11 is 0. The molecule has 0 amide bonds. The van der Waals surface area contributed by atoms with Crippen molar-refractivity contribution in [2.45, 2.75) is 50.9 Å². The summed E-state index contributed by atoms with van der Waals surface area (Å²) in [5, 5.41) is 8.23. The Hall–Kier alpha value is -0.900. The normalized spacial score (nSPS) is 19.6. The highest BCUT2D eigenvalue weighted by Crippen LogP contribution is 2.42. The van der Waals surface area contributed by atoms with Crippen molar-refractivity contribution in [3.05, 3.63) is 11.8 Å². The third-order valence-corrected chi connectivity index (χ3v) is 3.52. The van der Waals surface area contributed by atoms with Crippen LogP contribution in [0, 0.1) is 0 Å². The van der Waals surface area contributed by atoms with Gasteiger partial charge in [0.05, 0.1) is 0 Å². The second kappa shape index (κ2) is 4.31. The first-order valence-corrected chi connectivity index (χ1v) is 5.84. The summed E-state index contributed by atoms with van der Waals surface area (Å²) in [6.07, 6.45) is 6.72. The molecule has 84 valence electrons. The summed E-state index contributed by atoms with van der Waals surface area (Å²) in [4.78, 5) is 0. The number of aromatic nitrogens is 2. The van der Waals surface area contributed by atoms with E-state index in [9.17, 15) is 0 Å². The lowest BCUT2D eigenvalue weighted by Crippen LogP contribution is -2.21. The molecule has 0 spiro atoms. The molecule has 0 bridgehead atoms. The van der Waals surface area contributed by atoms with E-state index in [1.54, 1.807) is 0 Å². The van der Waals surface area contributed by atoms with Gasteiger partial charge in [-0.2, -0.15) is 0 Å². The predicted octanol–water partition coefficient (Wildman–Crippen LogP) is 1.79. The topological polar surface area (TPSA) is 64.9 Å². The molecule has 0 unspecified atom stereocenters. The van der Waals surface area contributed by atoms with Crippen molar-refractivity contribution in [3.8, 4) is 0 Å². The number of hydrogen-bond donors (Lipinski definition) is 1. The van der Waals surface area contributed by atoms with Gasteiger partial charge in [-0.15, -0.1) is 10.2 Å². The summed E-state index contributed by atoms with van der Waals surface area (Å²) in [6.45, 7) is 2.78. The van der Waals surface area contributed by atoms with Crippen molar-refractivity contribution >= 4 is 0 Å². The summed E-state index contributed by atoms with van der Waals surface area (Å²) < 4.78 is 5.70. The fourth-order valence-corrected chi connectivity index (χ4v) is 2.46. The van der Waals surface area contributed by atoms with Crippen LogP contribution >= 0.6 is 0 Å².